The summed E-state index contributed by atoms with van der Waals surface area (Å²) in [6.07, 6.45) is 4.04. The quantitative estimate of drug-likeness (QED) is 0.759. The van der Waals surface area contributed by atoms with Crippen molar-refractivity contribution in [1.29, 1.82) is 0 Å². The molecule has 1 atom stereocenters. The summed E-state index contributed by atoms with van der Waals surface area (Å²) in [5.41, 5.74) is 3.88. The van der Waals surface area contributed by atoms with E-state index in [-0.39, 0.29) is 11.7 Å². The van der Waals surface area contributed by atoms with Crippen LogP contribution in [0.2, 0.25) is 0 Å². The smallest absolute Gasteiger partial charge is 0.356 e. The molecule has 0 bridgehead atoms. The first-order valence-corrected chi connectivity index (χ1v) is 11.9. The number of aromatic nitrogens is 2. The number of fused-ring (bicyclic) bond motifs is 1. The number of aromatic carboxylic acids is 1. The van der Waals surface area contributed by atoms with Crippen molar-refractivity contribution in [3.63, 3.8) is 0 Å². The first-order valence-electron chi connectivity index (χ1n) is 11.9. The fourth-order valence-corrected chi connectivity index (χ4v) is 5.34. The van der Waals surface area contributed by atoms with Crippen molar-refractivity contribution >= 4 is 17.7 Å². The number of rotatable bonds is 4. The average Bonchev–Trinajstić information content (AvgIpc) is 3.50. The lowest BCUT2D eigenvalue weighted by molar-refractivity contribution is 0.0689. The molecule has 9 nitrogen and oxygen atoms in total. The second kappa shape index (κ2) is 9.15. The molecule has 0 spiro atoms. The van der Waals surface area contributed by atoms with Gasteiger partial charge in [-0.25, -0.2) is 9.59 Å². The Labute approximate surface area is 194 Å². The minimum atomic E-state index is -1.13. The molecule has 3 saturated heterocycles. The number of nitrogens with zero attached hydrogens (tertiary/aromatic N) is 6. The molecule has 3 fully saturated rings. The van der Waals surface area contributed by atoms with Gasteiger partial charge in [-0.1, -0.05) is 12.1 Å². The van der Waals surface area contributed by atoms with Crippen molar-refractivity contribution in [1.82, 2.24) is 24.5 Å². The number of anilines is 1. The largest absolute Gasteiger partial charge is 0.476 e. The van der Waals surface area contributed by atoms with Gasteiger partial charge in [-0.2, -0.15) is 9.78 Å². The fraction of sp³-hybridized carbons (Fsp3) is 0.542. The van der Waals surface area contributed by atoms with Crippen LogP contribution < -0.4 is 4.90 Å². The highest BCUT2D eigenvalue weighted by Crippen LogP contribution is 2.29. The molecule has 1 N–H and O–H groups in total. The summed E-state index contributed by atoms with van der Waals surface area (Å²) in [5.74, 6) is -1.13. The average molecular weight is 453 g/mol. The molecule has 5 rings (SSSR count). The number of hydrogen-bond acceptors (Lipinski definition) is 6. The van der Waals surface area contributed by atoms with Crippen molar-refractivity contribution < 1.29 is 14.7 Å². The second-order valence-corrected chi connectivity index (χ2v) is 9.41. The molecule has 0 saturated carbocycles. The lowest BCUT2D eigenvalue weighted by Gasteiger charge is -2.40. The van der Waals surface area contributed by atoms with Gasteiger partial charge in [0.05, 0.1) is 0 Å². The van der Waals surface area contributed by atoms with Crippen LogP contribution in [0.3, 0.4) is 0 Å². The van der Waals surface area contributed by atoms with Crippen LogP contribution >= 0.6 is 0 Å². The molecule has 0 aliphatic carbocycles. The summed E-state index contributed by atoms with van der Waals surface area (Å²) in [7, 11) is 0. The Morgan fingerprint density at radius 2 is 1.88 bits per heavy atom. The van der Waals surface area contributed by atoms with E-state index in [1.165, 1.54) is 48.5 Å². The molecule has 9 heteroatoms. The van der Waals surface area contributed by atoms with Crippen LogP contribution in [-0.2, 0) is 6.54 Å². The molecular formula is C24H32N6O3. The van der Waals surface area contributed by atoms with Gasteiger partial charge in [-0.3, -0.25) is 9.80 Å². The molecule has 0 radical (unpaired) electrons. The highest BCUT2D eigenvalue weighted by atomic mass is 16.4. The Bertz CT molecular complexity index is 1030. The maximum absolute atomic E-state index is 12.7. The van der Waals surface area contributed by atoms with E-state index in [0.717, 1.165) is 44.0 Å². The van der Waals surface area contributed by atoms with Gasteiger partial charge in [0, 0.05) is 70.3 Å². The number of carbonyl (C=O) groups is 2. The van der Waals surface area contributed by atoms with Crippen molar-refractivity contribution in [2.24, 2.45) is 0 Å². The molecule has 176 valence electrons. The van der Waals surface area contributed by atoms with Gasteiger partial charge in [-0.05, 0) is 49.6 Å². The van der Waals surface area contributed by atoms with Crippen LogP contribution in [0.1, 0.15) is 34.5 Å². The summed E-state index contributed by atoms with van der Waals surface area (Å²) >= 11 is 0. The third-order valence-corrected chi connectivity index (χ3v) is 7.21. The maximum atomic E-state index is 12.7. The van der Waals surface area contributed by atoms with Gasteiger partial charge in [0.25, 0.3) is 0 Å². The van der Waals surface area contributed by atoms with Crippen LogP contribution in [0, 0.1) is 6.92 Å². The summed E-state index contributed by atoms with van der Waals surface area (Å²) < 4.78 is 1.12. The SMILES string of the molecule is Cc1ccc(CN2CCN(C(=O)n3ccc(C(=O)O)n3)CC2)c(N2CCN3CCC[C@@H]3C2)c1. The summed E-state index contributed by atoms with van der Waals surface area (Å²) in [6.45, 7) is 10.4. The lowest BCUT2D eigenvalue weighted by Crippen LogP contribution is -2.51. The van der Waals surface area contributed by atoms with E-state index in [0.29, 0.717) is 19.1 Å². The first-order chi connectivity index (χ1) is 16.0. The van der Waals surface area contributed by atoms with Gasteiger partial charge >= 0.3 is 12.0 Å². The number of benzene rings is 1. The number of carboxylic acids is 1. The monoisotopic (exact) mass is 452 g/mol. The predicted octanol–water partition coefficient (Wildman–Crippen LogP) is 1.96. The van der Waals surface area contributed by atoms with Gasteiger partial charge in [0.15, 0.2) is 5.69 Å². The Kier molecular flexibility index (Phi) is 6.07. The predicted molar refractivity (Wildman–Crippen MR) is 125 cm³/mol. The maximum Gasteiger partial charge on any atom is 0.356 e. The van der Waals surface area contributed by atoms with Crippen LogP contribution in [0.25, 0.3) is 0 Å². The van der Waals surface area contributed by atoms with Gasteiger partial charge < -0.3 is 14.9 Å². The van der Waals surface area contributed by atoms with Crippen molar-refractivity contribution in [3.8, 4) is 0 Å². The molecule has 2 aromatic rings. The van der Waals surface area contributed by atoms with E-state index >= 15 is 0 Å². The number of hydrogen-bond donors (Lipinski definition) is 1. The highest BCUT2D eigenvalue weighted by Gasteiger charge is 2.31. The third kappa shape index (κ3) is 4.60. The van der Waals surface area contributed by atoms with E-state index < -0.39 is 5.97 Å². The molecule has 1 aromatic carbocycles. The van der Waals surface area contributed by atoms with Crippen molar-refractivity contribution in [3.05, 3.63) is 47.3 Å². The summed E-state index contributed by atoms with van der Waals surface area (Å²) in [5, 5.41) is 12.9. The van der Waals surface area contributed by atoms with Gasteiger partial charge in [0.1, 0.15) is 0 Å². The normalized spacial score (nSPS) is 21.9. The zero-order valence-electron chi connectivity index (χ0n) is 19.2. The van der Waals surface area contributed by atoms with E-state index in [9.17, 15) is 9.59 Å². The Balaban J connectivity index is 1.22. The number of carbonyl (C=O) groups excluding carboxylic acids is 1. The summed E-state index contributed by atoms with van der Waals surface area (Å²) in [4.78, 5) is 33.1. The number of piperazine rings is 2. The van der Waals surface area contributed by atoms with Crippen LogP contribution in [-0.4, -0.2) is 100.0 Å². The van der Waals surface area contributed by atoms with E-state index in [1.807, 2.05) is 0 Å². The van der Waals surface area contributed by atoms with Crippen LogP contribution in [0.5, 0.6) is 0 Å². The molecule has 33 heavy (non-hydrogen) atoms. The summed E-state index contributed by atoms with van der Waals surface area (Å²) in [6, 6.07) is 8.55. The molecule has 1 amide bonds. The molecule has 0 unspecified atom stereocenters. The number of amides is 1. The zero-order valence-corrected chi connectivity index (χ0v) is 19.2. The number of aryl methyl sites for hydroxylation is 1. The molecule has 3 aliphatic heterocycles. The van der Waals surface area contributed by atoms with E-state index in [4.69, 9.17) is 5.11 Å². The molecule has 1 aromatic heterocycles. The topological polar surface area (TPSA) is 85.1 Å². The second-order valence-electron chi connectivity index (χ2n) is 9.41. The Morgan fingerprint density at radius 1 is 1.06 bits per heavy atom. The Morgan fingerprint density at radius 3 is 2.64 bits per heavy atom. The molecular weight excluding hydrogens is 420 g/mol. The van der Waals surface area contributed by atoms with E-state index in [1.54, 1.807) is 4.90 Å². The van der Waals surface area contributed by atoms with Crippen molar-refractivity contribution in [2.45, 2.75) is 32.4 Å². The third-order valence-electron chi connectivity index (χ3n) is 7.21. The van der Waals surface area contributed by atoms with E-state index in [2.05, 4.69) is 44.9 Å². The standard InChI is InChI=1S/C24H32N6O3/c1-18-4-5-19(22(15-18)29-14-13-27-7-2-3-20(27)17-29)16-26-9-11-28(12-10-26)24(33)30-8-6-21(25-30)23(31)32/h4-6,8,15,20H,2-3,7,9-14,16-17H2,1H3,(H,31,32)/t20-/m1/s1. The molecule has 4 heterocycles. The minimum absolute atomic E-state index is 0.118. The zero-order chi connectivity index (χ0) is 22.9. The first kappa shape index (κ1) is 21.9. The van der Waals surface area contributed by atoms with Gasteiger partial charge in [-0.15, -0.1) is 0 Å². The van der Waals surface area contributed by atoms with Crippen LogP contribution in [0.15, 0.2) is 30.5 Å². The van der Waals surface area contributed by atoms with Crippen LogP contribution in [0.4, 0.5) is 10.5 Å². The van der Waals surface area contributed by atoms with Gasteiger partial charge in [0.2, 0.25) is 0 Å². The lowest BCUT2D eigenvalue weighted by atomic mass is 10.0. The fourth-order valence-electron chi connectivity index (χ4n) is 5.34. The van der Waals surface area contributed by atoms with Crippen molar-refractivity contribution in [2.75, 3.05) is 57.3 Å². The minimum Gasteiger partial charge on any atom is -0.476 e. The highest BCUT2D eigenvalue weighted by molar-refractivity contribution is 5.86. The Hall–Kier alpha value is -2.91. The molecule has 3 aliphatic rings. The number of carboxylic acid groups (broad SMARTS) is 1.